The highest BCUT2D eigenvalue weighted by Gasteiger charge is 2.07. The first-order chi connectivity index (χ1) is 10.3. The summed E-state index contributed by atoms with van der Waals surface area (Å²) in [5, 5.41) is 12.1. The van der Waals surface area contributed by atoms with E-state index >= 15 is 0 Å². The molecule has 1 heterocycles. The Labute approximate surface area is 124 Å². The van der Waals surface area contributed by atoms with Crippen LogP contribution in [0.1, 0.15) is 18.9 Å². The Hall–Kier alpha value is -2.74. The minimum Gasteiger partial charge on any atom is -0.493 e. The van der Waals surface area contributed by atoms with E-state index in [1.165, 1.54) is 0 Å². The van der Waals surface area contributed by atoms with Gasteiger partial charge in [-0.25, -0.2) is 4.98 Å². The van der Waals surface area contributed by atoms with Gasteiger partial charge in [0.25, 0.3) is 0 Å². The van der Waals surface area contributed by atoms with Crippen LogP contribution in [-0.2, 0) is 0 Å². The molecule has 0 bridgehead atoms. The van der Waals surface area contributed by atoms with Gasteiger partial charge in [0.05, 0.1) is 18.7 Å². The van der Waals surface area contributed by atoms with Crippen molar-refractivity contribution >= 4 is 5.82 Å². The summed E-state index contributed by atoms with van der Waals surface area (Å²) in [6.45, 7) is 2.95. The predicted molar refractivity (Wildman–Crippen MR) is 80.8 cm³/mol. The molecule has 0 saturated carbocycles. The van der Waals surface area contributed by atoms with Gasteiger partial charge in [-0.1, -0.05) is 6.92 Å². The molecule has 1 N–H and O–H groups in total. The van der Waals surface area contributed by atoms with Crippen molar-refractivity contribution in [1.29, 1.82) is 5.26 Å². The fourth-order valence-electron chi connectivity index (χ4n) is 1.77. The molecule has 0 aliphatic heterocycles. The molecule has 2 rings (SSSR count). The van der Waals surface area contributed by atoms with Gasteiger partial charge in [-0.2, -0.15) is 5.26 Å². The van der Waals surface area contributed by atoms with Crippen molar-refractivity contribution in [2.75, 3.05) is 19.0 Å². The van der Waals surface area contributed by atoms with Crippen molar-refractivity contribution in [3.8, 4) is 23.3 Å². The number of anilines is 1. The second-order valence-electron chi connectivity index (χ2n) is 4.38. The standard InChI is InChI=1S/C16H17N3O2/c1-3-7-18-16-10-13(6-8-19-16)21-14-5-4-12(11-17)9-15(14)20-2/h4-6,8-10H,3,7H2,1-2H3,(H,18,19). The number of nitrogens with one attached hydrogen (secondary N) is 1. The average Bonchev–Trinajstić information content (AvgIpc) is 2.53. The Balaban J connectivity index is 2.20. The lowest BCUT2D eigenvalue weighted by atomic mass is 10.2. The molecule has 5 nitrogen and oxygen atoms in total. The van der Waals surface area contributed by atoms with Gasteiger partial charge in [0, 0.05) is 24.9 Å². The van der Waals surface area contributed by atoms with Crippen molar-refractivity contribution in [3.05, 3.63) is 42.1 Å². The Morgan fingerprint density at radius 2 is 2.10 bits per heavy atom. The van der Waals surface area contributed by atoms with Crippen LogP contribution in [0.4, 0.5) is 5.82 Å². The van der Waals surface area contributed by atoms with Gasteiger partial charge in [-0.3, -0.25) is 0 Å². The highest BCUT2D eigenvalue weighted by atomic mass is 16.5. The molecule has 5 heteroatoms. The maximum Gasteiger partial charge on any atom is 0.169 e. The molecule has 0 amide bonds. The van der Waals surface area contributed by atoms with E-state index in [2.05, 4.69) is 23.3 Å². The Morgan fingerprint density at radius 3 is 2.81 bits per heavy atom. The van der Waals surface area contributed by atoms with E-state index < -0.39 is 0 Å². The Morgan fingerprint density at radius 1 is 1.24 bits per heavy atom. The van der Waals surface area contributed by atoms with Crippen LogP contribution in [0, 0.1) is 11.3 Å². The second kappa shape index (κ2) is 7.15. The lowest BCUT2D eigenvalue weighted by Crippen LogP contribution is -2.01. The monoisotopic (exact) mass is 283 g/mol. The molecule has 0 aliphatic rings. The maximum atomic E-state index is 8.89. The highest BCUT2D eigenvalue weighted by Crippen LogP contribution is 2.32. The number of hydrogen-bond donors (Lipinski definition) is 1. The second-order valence-corrected chi connectivity index (χ2v) is 4.38. The maximum absolute atomic E-state index is 8.89. The number of rotatable bonds is 6. The third kappa shape index (κ3) is 3.86. The minimum atomic E-state index is 0.522. The van der Waals surface area contributed by atoms with Crippen LogP contribution >= 0.6 is 0 Å². The highest BCUT2D eigenvalue weighted by molar-refractivity contribution is 5.49. The van der Waals surface area contributed by atoms with E-state index in [0.717, 1.165) is 18.8 Å². The summed E-state index contributed by atoms with van der Waals surface area (Å²) in [7, 11) is 1.55. The summed E-state index contributed by atoms with van der Waals surface area (Å²) < 4.78 is 11.1. The van der Waals surface area contributed by atoms with Gasteiger partial charge in [0.1, 0.15) is 11.6 Å². The van der Waals surface area contributed by atoms with Crippen molar-refractivity contribution in [2.24, 2.45) is 0 Å². The van der Waals surface area contributed by atoms with Crippen molar-refractivity contribution in [1.82, 2.24) is 4.98 Å². The molecule has 0 atom stereocenters. The fraction of sp³-hybridized carbons (Fsp3) is 0.250. The van der Waals surface area contributed by atoms with E-state index in [4.69, 9.17) is 14.7 Å². The SMILES string of the molecule is CCCNc1cc(Oc2ccc(C#N)cc2OC)ccn1. The number of benzene rings is 1. The first kappa shape index (κ1) is 14.7. The molecule has 21 heavy (non-hydrogen) atoms. The van der Waals surface area contributed by atoms with Gasteiger partial charge in [-0.05, 0) is 24.6 Å². The minimum absolute atomic E-state index is 0.522. The first-order valence-electron chi connectivity index (χ1n) is 6.72. The fourth-order valence-corrected chi connectivity index (χ4v) is 1.77. The smallest absolute Gasteiger partial charge is 0.169 e. The third-order valence-electron chi connectivity index (χ3n) is 2.81. The molecule has 0 aliphatic carbocycles. The van der Waals surface area contributed by atoms with Crippen LogP contribution in [-0.4, -0.2) is 18.6 Å². The van der Waals surface area contributed by atoms with Gasteiger partial charge >= 0.3 is 0 Å². The molecule has 1 aromatic carbocycles. The molecular formula is C16H17N3O2. The summed E-state index contributed by atoms with van der Waals surface area (Å²) in [6, 6.07) is 10.7. The van der Waals surface area contributed by atoms with Gasteiger partial charge in [-0.15, -0.1) is 0 Å². The molecule has 108 valence electrons. The van der Waals surface area contributed by atoms with Crippen molar-refractivity contribution in [2.45, 2.75) is 13.3 Å². The van der Waals surface area contributed by atoms with Crippen LogP contribution in [0.5, 0.6) is 17.2 Å². The number of nitriles is 1. The normalized spacial score (nSPS) is 9.76. The van der Waals surface area contributed by atoms with Crippen molar-refractivity contribution in [3.63, 3.8) is 0 Å². The summed E-state index contributed by atoms with van der Waals surface area (Å²) in [6.07, 6.45) is 2.71. The van der Waals surface area contributed by atoms with Crippen LogP contribution in [0.3, 0.4) is 0 Å². The zero-order valence-electron chi connectivity index (χ0n) is 12.1. The number of nitrogens with zero attached hydrogens (tertiary/aromatic N) is 2. The first-order valence-corrected chi connectivity index (χ1v) is 6.72. The molecular weight excluding hydrogens is 266 g/mol. The van der Waals surface area contributed by atoms with Crippen LogP contribution in [0.25, 0.3) is 0 Å². The average molecular weight is 283 g/mol. The quantitative estimate of drug-likeness (QED) is 0.877. The van der Waals surface area contributed by atoms with Gasteiger partial charge in [0.15, 0.2) is 11.5 Å². The van der Waals surface area contributed by atoms with E-state index in [9.17, 15) is 0 Å². The number of pyridine rings is 1. The molecule has 2 aromatic rings. The molecule has 0 spiro atoms. The Kier molecular flexibility index (Phi) is 4.99. The number of aromatic nitrogens is 1. The molecule has 0 fully saturated rings. The molecule has 0 saturated heterocycles. The molecule has 0 radical (unpaired) electrons. The zero-order valence-corrected chi connectivity index (χ0v) is 12.1. The van der Waals surface area contributed by atoms with E-state index in [-0.39, 0.29) is 0 Å². The third-order valence-corrected chi connectivity index (χ3v) is 2.81. The van der Waals surface area contributed by atoms with E-state index in [0.29, 0.717) is 22.8 Å². The van der Waals surface area contributed by atoms with E-state index in [1.54, 1.807) is 37.6 Å². The van der Waals surface area contributed by atoms with Crippen molar-refractivity contribution < 1.29 is 9.47 Å². The summed E-state index contributed by atoms with van der Waals surface area (Å²) >= 11 is 0. The van der Waals surface area contributed by atoms with Gasteiger partial charge in [0.2, 0.25) is 0 Å². The van der Waals surface area contributed by atoms with Crippen LogP contribution < -0.4 is 14.8 Å². The van der Waals surface area contributed by atoms with Crippen LogP contribution in [0.2, 0.25) is 0 Å². The van der Waals surface area contributed by atoms with E-state index in [1.807, 2.05) is 6.07 Å². The zero-order chi connectivity index (χ0) is 15.1. The lowest BCUT2D eigenvalue weighted by Gasteiger charge is -2.11. The Bertz CT molecular complexity index is 650. The van der Waals surface area contributed by atoms with Crippen LogP contribution in [0.15, 0.2) is 36.5 Å². The van der Waals surface area contributed by atoms with Gasteiger partial charge < -0.3 is 14.8 Å². The predicted octanol–water partition coefficient (Wildman–Crippen LogP) is 3.58. The molecule has 0 unspecified atom stereocenters. The number of ether oxygens (including phenoxy) is 2. The lowest BCUT2D eigenvalue weighted by molar-refractivity contribution is 0.378. The number of hydrogen-bond acceptors (Lipinski definition) is 5. The largest absolute Gasteiger partial charge is 0.493 e. The summed E-state index contributed by atoms with van der Waals surface area (Å²) in [5.41, 5.74) is 0.527. The topological polar surface area (TPSA) is 67.2 Å². The molecule has 1 aromatic heterocycles. The summed E-state index contributed by atoms with van der Waals surface area (Å²) in [4.78, 5) is 4.22. The summed E-state index contributed by atoms with van der Waals surface area (Å²) in [5.74, 6) is 2.51. The number of methoxy groups -OCH3 is 1.